The average molecular weight is 272 g/mol. The number of aliphatic hydroxyl groups excluding tert-OH is 2. The van der Waals surface area contributed by atoms with E-state index in [2.05, 4.69) is 4.98 Å². The molecule has 1 fully saturated rings. The lowest BCUT2D eigenvalue weighted by atomic mass is 10.1. The lowest BCUT2D eigenvalue weighted by molar-refractivity contribution is -0.0289. The van der Waals surface area contributed by atoms with Crippen LogP contribution < -0.4 is 11.2 Å². The van der Waals surface area contributed by atoms with Crippen molar-refractivity contribution in [3.8, 4) is 0 Å². The lowest BCUT2D eigenvalue weighted by Crippen LogP contribution is -2.39. The summed E-state index contributed by atoms with van der Waals surface area (Å²) >= 11 is 0. The number of rotatable bonds is 4. The molecule has 1 aromatic rings. The summed E-state index contributed by atoms with van der Waals surface area (Å²) in [5.74, 6) is 0. The minimum absolute atomic E-state index is 0.113. The summed E-state index contributed by atoms with van der Waals surface area (Å²) in [6.07, 6.45) is -1.58. The maximum atomic E-state index is 11.6. The molecule has 0 aromatic carbocycles. The first-order valence-electron chi connectivity index (χ1n) is 5.83. The Morgan fingerprint density at radius 2 is 2.21 bits per heavy atom. The van der Waals surface area contributed by atoms with E-state index in [0.29, 0.717) is 0 Å². The van der Waals surface area contributed by atoms with E-state index in [4.69, 9.17) is 14.6 Å². The fourth-order valence-electron chi connectivity index (χ4n) is 2.18. The van der Waals surface area contributed by atoms with Crippen LogP contribution >= 0.6 is 0 Å². The molecule has 2 rings (SSSR count). The van der Waals surface area contributed by atoms with Gasteiger partial charge in [0.15, 0.2) is 0 Å². The van der Waals surface area contributed by atoms with Crippen molar-refractivity contribution >= 4 is 0 Å². The second kappa shape index (κ2) is 5.66. The van der Waals surface area contributed by atoms with Crippen LogP contribution in [-0.2, 0) is 16.0 Å². The van der Waals surface area contributed by atoms with Crippen molar-refractivity contribution in [1.29, 1.82) is 0 Å². The zero-order valence-electron chi connectivity index (χ0n) is 10.4. The number of nitrogens with zero attached hydrogens (tertiary/aromatic N) is 1. The Morgan fingerprint density at radius 3 is 2.79 bits per heavy atom. The van der Waals surface area contributed by atoms with Gasteiger partial charge >= 0.3 is 5.69 Å². The van der Waals surface area contributed by atoms with Crippen molar-refractivity contribution in [2.45, 2.75) is 31.0 Å². The van der Waals surface area contributed by atoms with Crippen LogP contribution in [0.15, 0.2) is 21.9 Å². The van der Waals surface area contributed by atoms with E-state index in [1.54, 1.807) is 0 Å². The normalized spacial score (nSPS) is 30.7. The number of aromatic amines is 1. The molecule has 3 N–H and O–H groups in total. The second-order valence-electron chi connectivity index (χ2n) is 4.35. The van der Waals surface area contributed by atoms with Crippen molar-refractivity contribution in [1.82, 2.24) is 9.55 Å². The first-order valence-corrected chi connectivity index (χ1v) is 5.83. The van der Waals surface area contributed by atoms with E-state index in [-0.39, 0.29) is 13.2 Å². The van der Waals surface area contributed by atoms with Crippen molar-refractivity contribution in [3.05, 3.63) is 33.1 Å². The van der Waals surface area contributed by atoms with Gasteiger partial charge in [-0.15, -0.1) is 0 Å². The quantitative estimate of drug-likeness (QED) is 0.566. The number of hydrogen-bond donors (Lipinski definition) is 3. The maximum absolute atomic E-state index is 11.6. The van der Waals surface area contributed by atoms with Gasteiger partial charge in [0.05, 0.1) is 13.2 Å². The molecule has 1 aromatic heterocycles. The Kier molecular flexibility index (Phi) is 4.15. The standard InChI is InChI=1S/C11H16N2O6/c1-18-10-6(19-7(5-14)9(10)16)4-13-3-2-8(15)12-11(13)17/h2-3,6-7,9-10,14,16H,4-5H2,1H3,(H,12,15,17)/t6-,7+,9-,10?/m0/s1. The topological polar surface area (TPSA) is 114 Å². The number of nitrogens with one attached hydrogen (secondary N) is 1. The minimum atomic E-state index is -0.960. The molecule has 19 heavy (non-hydrogen) atoms. The number of H-pyrrole nitrogens is 1. The molecule has 1 unspecified atom stereocenters. The molecule has 106 valence electrons. The predicted molar refractivity (Wildman–Crippen MR) is 63.9 cm³/mol. The van der Waals surface area contributed by atoms with E-state index < -0.39 is 35.7 Å². The number of aliphatic hydroxyl groups is 2. The highest BCUT2D eigenvalue weighted by Crippen LogP contribution is 2.24. The third-order valence-electron chi connectivity index (χ3n) is 3.16. The lowest BCUT2D eigenvalue weighted by Gasteiger charge is -2.19. The largest absolute Gasteiger partial charge is 0.394 e. The molecule has 4 atom stereocenters. The summed E-state index contributed by atoms with van der Waals surface area (Å²) in [5, 5.41) is 18.9. The first-order chi connectivity index (χ1) is 9.06. The zero-order chi connectivity index (χ0) is 14.0. The number of aromatic nitrogens is 2. The molecule has 1 saturated heterocycles. The summed E-state index contributed by atoms with van der Waals surface area (Å²) in [6.45, 7) is -0.222. The Labute approximate surface area is 108 Å². The number of methoxy groups -OCH3 is 1. The van der Waals surface area contributed by atoms with Gasteiger partial charge < -0.3 is 19.7 Å². The van der Waals surface area contributed by atoms with Crippen LogP contribution in [0.25, 0.3) is 0 Å². The van der Waals surface area contributed by atoms with Crippen LogP contribution in [0.5, 0.6) is 0 Å². The summed E-state index contributed by atoms with van der Waals surface area (Å²) < 4.78 is 11.8. The Balaban J connectivity index is 2.18. The molecule has 2 heterocycles. The van der Waals surface area contributed by atoms with Gasteiger partial charge in [0.1, 0.15) is 24.4 Å². The fourth-order valence-corrected chi connectivity index (χ4v) is 2.18. The van der Waals surface area contributed by atoms with Gasteiger partial charge in [-0.1, -0.05) is 0 Å². The SMILES string of the molecule is COC1[C@H](Cn2ccc(=O)[nH]c2=O)O[C@H](CO)[C@@H]1O. The first kappa shape index (κ1) is 13.9. The van der Waals surface area contributed by atoms with Gasteiger partial charge in [-0.2, -0.15) is 0 Å². The molecule has 8 heteroatoms. The van der Waals surface area contributed by atoms with Gasteiger partial charge in [0, 0.05) is 19.4 Å². The van der Waals surface area contributed by atoms with Crippen LogP contribution in [0.3, 0.4) is 0 Å². The Morgan fingerprint density at radius 1 is 1.47 bits per heavy atom. The van der Waals surface area contributed by atoms with Crippen molar-refractivity contribution in [2.75, 3.05) is 13.7 Å². The Hall–Kier alpha value is -1.48. The molecule has 0 spiro atoms. The molecule has 1 aliphatic heterocycles. The highest BCUT2D eigenvalue weighted by molar-refractivity contribution is 4.93. The predicted octanol–water partition coefficient (Wildman–Crippen LogP) is -2.33. The van der Waals surface area contributed by atoms with Crippen LogP contribution in [0, 0.1) is 0 Å². The molecule has 0 bridgehead atoms. The van der Waals surface area contributed by atoms with Gasteiger partial charge in [0.2, 0.25) is 0 Å². The zero-order valence-corrected chi connectivity index (χ0v) is 10.4. The van der Waals surface area contributed by atoms with Crippen molar-refractivity contribution < 1.29 is 19.7 Å². The third kappa shape index (κ3) is 2.76. The fraction of sp³-hybridized carbons (Fsp3) is 0.636. The van der Waals surface area contributed by atoms with Crippen molar-refractivity contribution in [2.24, 2.45) is 0 Å². The van der Waals surface area contributed by atoms with Gasteiger partial charge in [-0.25, -0.2) is 4.79 Å². The minimum Gasteiger partial charge on any atom is -0.394 e. The van der Waals surface area contributed by atoms with Crippen LogP contribution in [0.1, 0.15) is 0 Å². The van der Waals surface area contributed by atoms with Gasteiger partial charge in [0.25, 0.3) is 5.56 Å². The number of hydrogen-bond acceptors (Lipinski definition) is 6. The van der Waals surface area contributed by atoms with Crippen LogP contribution in [-0.4, -0.2) is 57.9 Å². The molecule has 1 aliphatic rings. The van der Waals surface area contributed by atoms with Gasteiger partial charge in [-0.05, 0) is 0 Å². The second-order valence-corrected chi connectivity index (χ2v) is 4.35. The average Bonchev–Trinajstić information content (AvgIpc) is 2.68. The van der Waals surface area contributed by atoms with Crippen LogP contribution in [0.4, 0.5) is 0 Å². The Bertz CT molecular complexity index is 538. The molecular formula is C11H16N2O6. The van der Waals surface area contributed by atoms with E-state index in [1.165, 1.54) is 23.9 Å². The molecule has 0 saturated carbocycles. The molecule has 0 radical (unpaired) electrons. The highest BCUT2D eigenvalue weighted by atomic mass is 16.6. The molecular weight excluding hydrogens is 256 g/mol. The monoisotopic (exact) mass is 272 g/mol. The maximum Gasteiger partial charge on any atom is 0.328 e. The highest BCUT2D eigenvalue weighted by Gasteiger charge is 2.43. The number of ether oxygens (including phenoxy) is 2. The summed E-state index contributed by atoms with van der Waals surface area (Å²) in [4.78, 5) is 24.6. The summed E-state index contributed by atoms with van der Waals surface area (Å²) in [5.41, 5.74) is -1.04. The summed E-state index contributed by atoms with van der Waals surface area (Å²) in [7, 11) is 1.42. The van der Waals surface area contributed by atoms with E-state index in [9.17, 15) is 14.7 Å². The summed E-state index contributed by atoms with van der Waals surface area (Å²) in [6, 6.07) is 1.22. The molecule has 0 amide bonds. The third-order valence-corrected chi connectivity index (χ3v) is 3.16. The van der Waals surface area contributed by atoms with E-state index in [0.717, 1.165) is 0 Å². The molecule has 8 nitrogen and oxygen atoms in total. The molecule has 0 aliphatic carbocycles. The van der Waals surface area contributed by atoms with Crippen LogP contribution in [0.2, 0.25) is 0 Å². The van der Waals surface area contributed by atoms with E-state index in [1.807, 2.05) is 0 Å². The van der Waals surface area contributed by atoms with E-state index >= 15 is 0 Å². The van der Waals surface area contributed by atoms with Crippen molar-refractivity contribution in [3.63, 3.8) is 0 Å². The smallest absolute Gasteiger partial charge is 0.328 e. The van der Waals surface area contributed by atoms with Gasteiger partial charge in [-0.3, -0.25) is 14.3 Å².